The molecular weight excluding hydrogens is 436 g/mol. The Morgan fingerprint density at radius 1 is 1.26 bits per heavy atom. The zero-order chi connectivity index (χ0) is 24.1. The SMILES string of the molecule is CC(C)(O)[C@]1(C)Cc2cc(NC(O)c3cnn4cccnc34)c(OC3CCC(O)CC3)cc2O1. The molecule has 2 aliphatic rings. The van der Waals surface area contributed by atoms with Crippen molar-refractivity contribution in [3.63, 3.8) is 0 Å². The van der Waals surface area contributed by atoms with Crippen molar-refractivity contribution in [3.8, 4) is 11.5 Å². The van der Waals surface area contributed by atoms with Crippen LogP contribution >= 0.6 is 0 Å². The zero-order valence-electron chi connectivity index (χ0n) is 19.7. The van der Waals surface area contributed by atoms with Crippen molar-refractivity contribution < 1.29 is 24.8 Å². The van der Waals surface area contributed by atoms with Gasteiger partial charge in [0.2, 0.25) is 0 Å². The molecule has 1 aliphatic heterocycles. The van der Waals surface area contributed by atoms with Crippen LogP contribution in [-0.2, 0) is 6.42 Å². The van der Waals surface area contributed by atoms with E-state index >= 15 is 0 Å². The minimum atomic E-state index is -1.07. The summed E-state index contributed by atoms with van der Waals surface area (Å²) in [5.74, 6) is 1.22. The number of rotatable bonds is 6. The first kappa shape index (κ1) is 22.9. The molecular formula is C25H32N4O5. The number of aliphatic hydroxyl groups is 3. The summed E-state index contributed by atoms with van der Waals surface area (Å²) in [6.07, 6.45) is 7.04. The molecule has 2 aromatic heterocycles. The molecule has 9 nitrogen and oxygen atoms in total. The van der Waals surface area contributed by atoms with Gasteiger partial charge < -0.3 is 30.1 Å². The molecule has 5 rings (SSSR count). The number of nitrogens with zero attached hydrogens (tertiary/aromatic N) is 3. The summed E-state index contributed by atoms with van der Waals surface area (Å²) in [6.45, 7) is 5.37. The highest BCUT2D eigenvalue weighted by atomic mass is 16.5. The molecule has 3 aromatic rings. The van der Waals surface area contributed by atoms with Crippen molar-refractivity contribution in [2.45, 2.75) is 82.5 Å². The Morgan fingerprint density at radius 2 is 2.03 bits per heavy atom. The summed E-state index contributed by atoms with van der Waals surface area (Å²) in [6, 6.07) is 5.53. The standard InChI is InChI=1S/C25H32N4O5/c1-24(2,32)25(3)13-15-11-19(28-23(31)18-14-27-29-10-4-9-26-22(18)29)21(12-20(15)34-25)33-17-7-5-16(30)6-8-17/h4,9-12,14,16-17,23,28,30-32H,5-8,13H2,1-3H3/t16?,17?,23?,25-/m0/s1. The van der Waals surface area contributed by atoms with Crippen LogP contribution in [0.3, 0.4) is 0 Å². The topological polar surface area (TPSA) is 121 Å². The number of aliphatic hydroxyl groups excluding tert-OH is 2. The Labute approximate surface area is 198 Å². The van der Waals surface area contributed by atoms with Crippen LogP contribution in [0.5, 0.6) is 11.5 Å². The zero-order valence-corrected chi connectivity index (χ0v) is 19.7. The summed E-state index contributed by atoms with van der Waals surface area (Å²) in [7, 11) is 0. The summed E-state index contributed by atoms with van der Waals surface area (Å²) >= 11 is 0. The molecule has 4 N–H and O–H groups in total. The van der Waals surface area contributed by atoms with Gasteiger partial charge in [-0.25, -0.2) is 9.50 Å². The molecule has 182 valence electrons. The Balaban J connectivity index is 1.47. The Bertz CT molecular complexity index is 1180. The van der Waals surface area contributed by atoms with E-state index in [0.717, 1.165) is 18.4 Å². The van der Waals surface area contributed by atoms with Gasteiger partial charge in [0.05, 0.1) is 35.3 Å². The van der Waals surface area contributed by atoms with Gasteiger partial charge in [0.25, 0.3) is 0 Å². The number of aromatic nitrogens is 3. The molecule has 34 heavy (non-hydrogen) atoms. The fourth-order valence-electron chi connectivity index (χ4n) is 4.64. The second kappa shape index (κ2) is 8.41. The van der Waals surface area contributed by atoms with Crippen LogP contribution in [0.4, 0.5) is 5.69 Å². The van der Waals surface area contributed by atoms with Gasteiger partial charge in [-0.1, -0.05) is 0 Å². The van der Waals surface area contributed by atoms with Crippen molar-refractivity contribution in [1.29, 1.82) is 0 Å². The lowest BCUT2D eigenvalue weighted by atomic mass is 9.84. The Hall–Kier alpha value is -2.88. The minimum absolute atomic E-state index is 0.0418. The molecule has 3 heterocycles. The van der Waals surface area contributed by atoms with Gasteiger partial charge in [0, 0.05) is 30.4 Å². The molecule has 0 bridgehead atoms. The third-order valence-electron chi connectivity index (χ3n) is 7.15. The second-order valence-corrected chi connectivity index (χ2v) is 10.1. The van der Waals surface area contributed by atoms with Gasteiger partial charge in [-0.05, 0) is 58.6 Å². The van der Waals surface area contributed by atoms with E-state index in [1.165, 1.54) is 0 Å². The largest absolute Gasteiger partial charge is 0.488 e. The van der Waals surface area contributed by atoms with E-state index in [0.29, 0.717) is 47.7 Å². The molecule has 1 aliphatic carbocycles. The number of hydrogen-bond acceptors (Lipinski definition) is 8. The first-order chi connectivity index (χ1) is 16.1. The number of fused-ring (bicyclic) bond motifs is 2. The maximum Gasteiger partial charge on any atom is 0.162 e. The molecule has 1 fully saturated rings. The van der Waals surface area contributed by atoms with Crippen molar-refractivity contribution in [2.75, 3.05) is 5.32 Å². The summed E-state index contributed by atoms with van der Waals surface area (Å²) < 4.78 is 14.2. The average molecular weight is 469 g/mol. The normalized spacial score (nSPS) is 25.6. The van der Waals surface area contributed by atoms with Crippen molar-refractivity contribution in [1.82, 2.24) is 14.6 Å². The number of anilines is 1. The van der Waals surface area contributed by atoms with Crippen LogP contribution in [0.25, 0.3) is 5.65 Å². The Morgan fingerprint density at radius 3 is 2.76 bits per heavy atom. The van der Waals surface area contributed by atoms with Crippen molar-refractivity contribution in [2.24, 2.45) is 0 Å². The predicted octanol–water partition coefficient (Wildman–Crippen LogP) is 2.98. The molecule has 0 spiro atoms. The van der Waals surface area contributed by atoms with E-state index in [1.54, 1.807) is 43.0 Å². The van der Waals surface area contributed by atoms with Gasteiger partial charge in [-0.15, -0.1) is 0 Å². The van der Waals surface area contributed by atoms with Gasteiger partial charge in [-0.2, -0.15) is 5.10 Å². The van der Waals surface area contributed by atoms with Gasteiger partial charge in [-0.3, -0.25) is 0 Å². The predicted molar refractivity (Wildman–Crippen MR) is 126 cm³/mol. The van der Waals surface area contributed by atoms with E-state index in [-0.39, 0.29) is 12.2 Å². The summed E-state index contributed by atoms with van der Waals surface area (Å²) in [5, 5.41) is 39.0. The van der Waals surface area contributed by atoms with Gasteiger partial charge in [0.1, 0.15) is 17.1 Å². The number of hydrogen-bond donors (Lipinski definition) is 4. The maximum atomic E-state index is 11.0. The maximum absolute atomic E-state index is 11.0. The fourth-order valence-corrected chi connectivity index (χ4v) is 4.64. The minimum Gasteiger partial charge on any atom is -0.488 e. The fraction of sp³-hybridized carbons (Fsp3) is 0.520. The number of nitrogens with one attached hydrogen (secondary N) is 1. The highest BCUT2D eigenvalue weighted by Gasteiger charge is 2.47. The Kier molecular flexibility index (Phi) is 5.66. The number of ether oxygens (including phenoxy) is 2. The molecule has 2 atom stereocenters. The smallest absolute Gasteiger partial charge is 0.162 e. The van der Waals surface area contributed by atoms with Crippen LogP contribution < -0.4 is 14.8 Å². The van der Waals surface area contributed by atoms with Gasteiger partial charge in [0.15, 0.2) is 11.9 Å². The van der Waals surface area contributed by atoms with Crippen LogP contribution in [0.2, 0.25) is 0 Å². The lowest BCUT2D eigenvalue weighted by molar-refractivity contribution is -0.0900. The molecule has 1 unspecified atom stereocenters. The van der Waals surface area contributed by atoms with Crippen LogP contribution in [-0.4, -0.2) is 53.3 Å². The molecule has 0 saturated heterocycles. The molecule has 0 radical (unpaired) electrons. The molecule has 0 amide bonds. The van der Waals surface area contributed by atoms with E-state index in [1.807, 2.05) is 19.1 Å². The lowest BCUT2D eigenvalue weighted by Crippen LogP contribution is -2.51. The highest BCUT2D eigenvalue weighted by Crippen LogP contribution is 2.46. The molecule has 1 aromatic carbocycles. The van der Waals surface area contributed by atoms with E-state index in [4.69, 9.17) is 9.47 Å². The first-order valence-corrected chi connectivity index (χ1v) is 11.8. The van der Waals surface area contributed by atoms with E-state index in [9.17, 15) is 15.3 Å². The summed E-state index contributed by atoms with van der Waals surface area (Å²) in [5.41, 5.74) is 0.809. The van der Waals surface area contributed by atoms with Crippen LogP contribution in [0.15, 0.2) is 36.8 Å². The van der Waals surface area contributed by atoms with Crippen molar-refractivity contribution in [3.05, 3.63) is 47.9 Å². The van der Waals surface area contributed by atoms with Crippen LogP contribution in [0.1, 0.15) is 63.8 Å². The third kappa shape index (κ3) is 4.19. The lowest BCUT2D eigenvalue weighted by Gasteiger charge is -2.36. The monoisotopic (exact) mass is 468 g/mol. The average Bonchev–Trinajstić information content (AvgIpc) is 3.36. The summed E-state index contributed by atoms with van der Waals surface area (Å²) in [4.78, 5) is 4.33. The van der Waals surface area contributed by atoms with E-state index in [2.05, 4.69) is 15.4 Å². The van der Waals surface area contributed by atoms with E-state index < -0.39 is 17.4 Å². The molecule has 9 heteroatoms. The van der Waals surface area contributed by atoms with Gasteiger partial charge >= 0.3 is 0 Å². The van der Waals surface area contributed by atoms with Crippen LogP contribution in [0, 0.1) is 0 Å². The second-order valence-electron chi connectivity index (χ2n) is 10.1. The first-order valence-electron chi connectivity index (χ1n) is 11.8. The van der Waals surface area contributed by atoms with Crippen molar-refractivity contribution >= 4 is 11.3 Å². The number of benzene rings is 1. The molecule has 1 saturated carbocycles. The third-order valence-corrected chi connectivity index (χ3v) is 7.15. The quantitative estimate of drug-likeness (QED) is 0.408. The highest BCUT2D eigenvalue weighted by molar-refractivity contribution is 5.65.